The first-order chi connectivity index (χ1) is 10.3. The Labute approximate surface area is 133 Å². The Kier molecular flexibility index (Phi) is 3.67. The summed E-state index contributed by atoms with van der Waals surface area (Å²) in [7, 11) is 0. The van der Waals surface area contributed by atoms with Crippen molar-refractivity contribution in [3.63, 3.8) is 0 Å². The van der Waals surface area contributed by atoms with E-state index >= 15 is 0 Å². The molecule has 1 atom stereocenters. The van der Waals surface area contributed by atoms with Gasteiger partial charge in [-0.25, -0.2) is 9.78 Å². The normalized spacial score (nSPS) is 18.9. The van der Waals surface area contributed by atoms with Crippen LogP contribution in [0.3, 0.4) is 0 Å². The highest BCUT2D eigenvalue weighted by Gasteiger charge is 2.32. The van der Waals surface area contributed by atoms with Gasteiger partial charge in [-0.15, -0.1) is 12.4 Å². The zero-order chi connectivity index (χ0) is 14.4. The molecule has 0 unspecified atom stereocenters. The van der Waals surface area contributed by atoms with Crippen molar-refractivity contribution >= 4 is 24.2 Å². The zero-order valence-corrected chi connectivity index (χ0v) is 12.5. The van der Waals surface area contributed by atoms with Gasteiger partial charge in [0, 0.05) is 25.0 Å². The predicted octanol–water partition coefficient (Wildman–Crippen LogP) is 1.47. The molecule has 1 saturated heterocycles. The third kappa shape index (κ3) is 2.18. The molecule has 2 aliphatic heterocycles. The van der Waals surface area contributed by atoms with Crippen LogP contribution < -0.4 is 15.4 Å². The van der Waals surface area contributed by atoms with Gasteiger partial charge in [-0.2, -0.15) is 0 Å². The molecule has 1 aromatic heterocycles. The minimum absolute atomic E-state index is 0. The van der Waals surface area contributed by atoms with E-state index in [0.717, 1.165) is 22.9 Å². The van der Waals surface area contributed by atoms with Crippen molar-refractivity contribution in [2.75, 3.05) is 18.0 Å². The minimum atomic E-state index is -0.371. The highest BCUT2D eigenvalue weighted by molar-refractivity contribution is 5.90. The number of hydrogen-bond donors (Lipinski definition) is 1. The number of nitrogens with zero attached hydrogens (tertiary/aromatic N) is 3. The van der Waals surface area contributed by atoms with Gasteiger partial charge in [0.1, 0.15) is 18.5 Å². The number of anilines is 1. The van der Waals surface area contributed by atoms with Crippen LogP contribution in [0.15, 0.2) is 30.6 Å². The molecule has 2 aliphatic rings. The quantitative estimate of drug-likeness (QED) is 0.905. The van der Waals surface area contributed by atoms with Crippen LogP contribution in [-0.4, -0.2) is 34.8 Å². The molecule has 116 valence electrons. The van der Waals surface area contributed by atoms with Crippen molar-refractivity contribution in [2.45, 2.75) is 12.7 Å². The summed E-state index contributed by atoms with van der Waals surface area (Å²) in [6, 6.07) is 5.63. The number of cyclic esters (lactones) is 1. The van der Waals surface area contributed by atoms with Crippen molar-refractivity contribution in [1.29, 1.82) is 0 Å². The van der Waals surface area contributed by atoms with Crippen LogP contribution in [0, 0.1) is 0 Å². The lowest BCUT2D eigenvalue weighted by Gasteiger charge is -2.21. The minimum Gasteiger partial charge on any atom is -0.483 e. The molecular weight excluding hydrogens is 308 g/mol. The Balaban J connectivity index is 0.00000144. The lowest BCUT2D eigenvalue weighted by atomic mass is 10.2. The number of carbonyl (C=O) groups is 1. The Morgan fingerprint density at radius 3 is 3.05 bits per heavy atom. The van der Waals surface area contributed by atoms with Crippen LogP contribution in [0.4, 0.5) is 10.5 Å². The molecule has 4 rings (SSSR count). The fourth-order valence-corrected chi connectivity index (χ4v) is 2.64. The van der Waals surface area contributed by atoms with Crippen molar-refractivity contribution < 1.29 is 14.3 Å². The molecule has 1 aromatic carbocycles. The SMILES string of the molecule is Cl.NC[C@H]1CN(c2ccc3c(c2)OCc2nccn2-3)C(=O)O1. The molecule has 2 aromatic rings. The number of hydrogen-bond acceptors (Lipinski definition) is 5. The molecule has 3 heterocycles. The number of benzene rings is 1. The zero-order valence-electron chi connectivity index (χ0n) is 11.6. The molecule has 0 spiro atoms. The van der Waals surface area contributed by atoms with E-state index in [-0.39, 0.29) is 24.6 Å². The van der Waals surface area contributed by atoms with Crippen molar-refractivity contribution in [2.24, 2.45) is 5.73 Å². The van der Waals surface area contributed by atoms with E-state index in [9.17, 15) is 4.79 Å². The molecule has 8 heteroatoms. The molecule has 1 amide bonds. The smallest absolute Gasteiger partial charge is 0.414 e. The number of nitrogens with two attached hydrogens (primary N) is 1. The average Bonchev–Trinajstić information content (AvgIpc) is 3.12. The highest BCUT2D eigenvalue weighted by atomic mass is 35.5. The number of aromatic nitrogens is 2. The van der Waals surface area contributed by atoms with Gasteiger partial charge in [-0.3, -0.25) is 9.47 Å². The second kappa shape index (κ2) is 5.51. The number of amides is 1. The lowest BCUT2D eigenvalue weighted by Crippen LogP contribution is -2.27. The predicted molar refractivity (Wildman–Crippen MR) is 81.8 cm³/mol. The first-order valence-corrected chi connectivity index (χ1v) is 6.74. The molecule has 2 N–H and O–H groups in total. The van der Waals surface area contributed by atoms with E-state index < -0.39 is 0 Å². The number of imidazole rings is 1. The average molecular weight is 323 g/mol. The van der Waals surface area contributed by atoms with Gasteiger partial charge in [0.25, 0.3) is 0 Å². The molecule has 0 radical (unpaired) electrons. The van der Waals surface area contributed by atoms with E-state index in [4.69, 9.17) is 15.2 Å². The van der Waals surface area contributed by atoms with Gasteiger partial charge in [0.15, 0.2) is 5.82 Å². The summed E-state index contributed by atoms with van der Waals surface area (Å²) in [6.07, 6.45) is 3.01. The number of carbonyl (C=O) groups excluding carboxylic acids is 1. The summed E-state index contributed by atoms with van der Waals surface area (Å²) in [5.74, 6) is 1.58. The maximum absolute atomic E-state index is 11.9. The van der Waals surface area contributed by atoms with Crippen LogP contribution >= 0.6 is 12.4 Å². The molecule has 0 saturated carbocycles. The molecule has 0 bridgehead atoms. The standard InChI is InChI=1S/C14H14N4O3.ClH/c15-6-10-7-18(14(19)21-10)9-1-2-11-12(5-9)20-8-13-16-3-4-17(11)13;/h1-5,10H,6-8,15H2;1H/t10-;/m0./s1. The molecule has 7 nitrogen and oxygen atoms in total. The third-order valence-electron chi connectivity index (χ3n) is 3.73. The Morgan fingerprint density at radius 1 is 1.41 bits per heavy atom. The van der Waals surface area contributed by atoms with E-state index in [1.165, 1.54) is 0 Å². The van der Waals surface area contributed by atoms with E-state index in [1.54, 1.807) is 11.1 Å². The fraction of sp³-hybridized carbons (Fsp3) is 0.286. The summed E-state index contributed by atoms with van der Waals surface area (Å²) in [5.41, 5.74) is 7.22. The van der Waals surface area contributed by atoms with E-state index in [1.807, 2.05) is 29.0 Å². The number of ether oxygens (including phenoxy) is 2. The first-order valence-electron chi connectivity index (χ1n) is 6.74. The summed E-state index contributed by atoms with van der Waals surface area (Å²) in [6.45, 7) is 1.20. The number of halogens is 1. The Bertz CT molecular complexity index is 718. The van der Waals surface area contributed by atoms with Gasteiger partial charge < -0.3 is 15.2 Å². The van der Waals surface area contributed by atoms with Crippen LogP contribution in [0.5, 0.6) is 5.75 Å². The van der Waals surface area contributed by atoms with Crippen LogP contribution in [0.2, 0.25) is 0 Å². The molecule has 1 fully saturated rings. The lowest BCUT2D eigenvalue weighted by molar-refractivity contribution is 0.145. The van der Waals surface area contributed by atoms with E-state index in [0.29, 0.717) is 19.7 Å². The van der Waals surface area contributed by atoms with Gasteiger partial charge in [-0.05, 0) is 12.1 Å². The third-order valence-corrected chi connectivity index (χ3v) is 3.73. The Hall–Kier alpha value is -2.25. The maximum atomic E-state index is 11.9. The van der Waals surface area contributed by atoms with E-state index in [2.05, 4.69) is 4.98 Å². The maximum Gasteiger partial charge on any atom is 0.414 e. The van der Waals surface area contributed by atoms with Gasteiger partial charge in [0.2, 0.25) is 0 Å². The largest absolute Gasteiger partial charge is 0.483 e. The Morgan fingerprint density at radius 2 is 2.27 bits per heavy atom. The van der Waals surface area contributed by atoms with Crippen LogP contribution in [0.1, 0.15) is 5.82 Å². The fourth-order valence-electron chi connectivity index (χ4n) is 2.64. The second-order valence-corrected chi connectivity index (χ2v) is 5.01. The summed E-state index contributed by atoms with van der Waals surface area (Å²) < 4.78 is 12.9. The van der Waals surface area contributed by atoms with Gasteiger partial charge in [-0.1, -0.05) is 0 Å². The van der Waals surface area contributed by atoms with Gasteiger partial charge >= 0.3 is 6.09 Å². The number of fused-ring (bicyclic) bond motifs is 3. The topological polar surface area (TPSA) is 82.6 Å². The van der Waals surface area contributed by atoms with Gasteiger partial charge in [0.05, 0.1) is 17.9 Å². The molecule has 22 heavy (non-hydrogen) atoms. The highest BCUT2D eigenvalue weighted by Crippen LogP contribution is 2.34. The summed E-state index contributed by atoms with van der Waals surface area (Å²) in [5, 5.41) is 0. The number of rotatable bonds is 2. The molecular formula is C14H15ClN4O3. The first kappa shape index (κ1) is 14.7. The van der Waals surface area contributed by atoms with Crippen molar-refractivity contribution in [3.8, 4) is 11.4 Å². The summed E-state index contributed by atoms with van der Waals surface area (Å²) in [4.78, 5) is 17.7. The summed E-state index contributed by atoms with van der Waals surface area (Å²) >= 11 is 0. The molecule has 0 aliphatic carbocycles. The van der Waals surface area contributed by atoms with Crippen LogP contribution in [-0.2, 0) is 11.3 Å². The van der Waals surface area contributed by atoms with Crippen molar-refractivity contribution in [1.82, 2.24) is 9.55 Å². The second-order valence-electron chi connectivity index (χ2n) is 5.01. The van der Waals surface area contributed by atoms with Crippen molar-refractivity contribution in [3.05, 3.63) is 36.4 Å². The van der Waals surface area contributed by atoms with Crippen LogP contribution in [0.25, 0.3) is 5.69 Å². The monoisotopic (exact) mass is 322 g/mol.